The third kappa shape index (κ3) is 4.06. The number of nitrogens with one attached hydrogen (secondary N) is 3. The number of carbonyl (C=O) groups excluding carboxylic acids is 1. The normalized spacial score (nSPS) is 20.0. The van der Waals surface area contributed by atoms with Crippen molar-refractivity contribution < 1.29 is 22.3 Å². The van der Waals surface area contributed by atoms with Crippen molar-refractivity contribution in [2.24, 2.45) is 0 Å². The van der Waals surface area contributed by atoms with Crippen molar-refractivity contribution in [1.82, 2.24) is 5.32 Å². The second kappa shape index (κ2) is 8.45. The van der Waals surface area contributed by atoms with Crippen LogP contribution in [0.2, 0.25) is 5.02 Å². The van der Waals surface area contributed by atoms with Gasteiger partial charge in [0.1, 0.15) is 22.6 Å². The molecular weight excluding hydrogens is 469 g/mol. The van der Waals surface area contributed by atoms with Crippen molar-refractivity contribution in [3.05, 3.63) is 46.7 Å². The van der Waals surface area contributed by atoms with Crippen LogP contribution in [0, 0.1) is 5.82 Å². The molecule has 1 saturated heterocycles. The summed E-state index contributed by atoms with van der Waals surface area (Å²) in [7, 11) is -4.23. The molecule has 1 amide bonds. The predicted octanol–water partition coefficient (Wildman–Crippen LogP) is 4.17. The Bertz CT molecular complexity index is 1210. The third-order valence-electron chi connectivity index (χ3n) is 6.76. The number of amides is 1. The fourth-order valence-corrected chi connectivity index (χ4v) is 6.36. The number of hydrogen-bond donors (Lipinski definition) is 3. The first-order valence-electron chi connectivity index (χ1n) is 11.1. The van der Waals surface area contributed by atoms with E-state index in [-0.39, 0.29) is 22.7 Å². The molecule has 0 radical (unpaired) electrons. The quantitative estimate of drug-likeness (QED) is 0.580. The zero-order valence-electron chi connectivity index (χ0n) is 17.9. The molecular formula is C23H25ClFN3O4S. The molecule has 0 aromatic heterocycles. The first-order chi connectivity index (χ1) is 15.8. The van der Waals surface area contributed by atoms with Crippen LogP contribution in [0.5, 0.6) is 5.75 Å². The molecule has 1 saturated carbocycles. The van der Waals surface area contributed by atoms with E-state index in [1.807, 2.05) is 0 Å². The molecule has 1 aliphatic carbocycles. The lowest BCUT2D eigenvalue weighted by Crippen LogP contribution is -2.34. The van der Waals surface area contributed by atoms with Crippen molar-refractivity contribution in [3.63, 3.8) is 0 Å². The van der Waals surface area contributed by atoms with Gasteiger partial charge in [-0.3, -0.25) is 9.52 Å². The summed E-state index contributed by atoms with van der Waals surface area (Å²) in [5.41, 5.74) is 0.899. The lowest BCUT2D eigenvalue weighted by molar-refractivity contribution is -0.120. The molecule has 2 heterocycles. The van der Waals surface area contributed by atoms with E-state index >= 15 is 0 Å². The van der Waals surface area contributed by atoms with Crippen LogP contribution in [0.15, 0.2) is 35.2 Å². The number of sulfonamides is 1. The molecule has 176 valence electrons. The summed E-state index contributed by atoms with van der Waals surface area (Å²) in [6, 6.07) is 6.66. The van der Waals surface area contributed by atoms with Gasteiger partial charge in [-0.1, -0.05) is 24.4 Å². The topological polar surface area (TPSA) is 96.5 Å². The summed E-state index contributed by atoms with van der Waals surface area (Å²) in [6.45, 7) is 1.65. The number of halogens is 2. The zero-order chi connectivity index (χ0) is 23.2. The summed E-state index contributed by atoms with van der Waals surface area (Å²) in [5, 5.41) is 6.38. The standard InChI is InChI=1S/C23H25ClFN3O4S/c24-14-3-4-20(18(25)11-14)33(30,31)28-15-12-17-21(27-22(29)23(17)7-1-2-8-23)19(13-15)32-16-5-9-26-10-6-16/h3-4,11-13,16,26,28H,1-2,5-10H2,(H,27,29). The van der Waals surface area contributed by atoms with E-state index in [0.717, 1.165) is 56.5 Å². The Morgan fingerprint density at radius 3 is 2.55 bits per heavy atom. The number of rotatable bonds is 5. The van der Waals surface area contributed by atoms with Gasteiger partial charge in [0, 0.05) is 11.1 Å². The molecule has 10 heteroatoms. The number of piperidine rings is 1. The molecule has 0 bridgehead atoms. The van der Waals surface area contributed by atoms with Gasteiger partial charge in [-0.25, -0.2) is 12.8 Å². The fourth-order valence-electron chi connectivity index (χ4n) is 5.10. The summed E-state index contributed by atoms with van der Waals surface area (Å²) < 4.78 is 49.1. The molecule has 0 unspecified atom stereocenters. The van der Waals surface area contributed by atoms with Gasteiger partial charge in [0.15, 0.2) is 0 Å². The maximum atomic E-state index is 14.4. The lowest BCUT2D eigenvalue weighted by atomic mass is 9.80. The highest BCUT2D eigenvalue weighted by molar-refractivity contribution is 7.92. The molecule has 3 N–H and O–H groups in total. The third-order valence-corrected chi connectivity index (χ3v) is 8.41. The molecule has 0 atom stereocenters. The SMILES string of the molecule is O=C1Nc2c(OC3CCNCC3)cc(NS(=O)(=O)c3ccc(Cl)cc3F)cc2C12CCCC2. The van der Waals surface area contributed by atoms with E-state index in [2.05, 4.69) is 15.4 Å². The first-order valence-corrected chi connectivity index (χ1v) is 13.0. The summed E-state index contributed by atoms with van der Waals surface area (Å²) >= 11 is 5.77. The van der Waals surface area contributed by atoms with E-state index in [1.165, 1.54) is 6.07 Å². The molecule has 2 fully saturated rings. The summed E-state index contributed by atoms with van der Waals surface area (Å²) in [5.74, 6) is -0.578. The minimum Gasteiger partial charge on any atom is -0.488 e. The minimum atomic E-state index is -4.23. The molecule has 5 rings (SSSR count). The van der Waals surface area contributed by atoms with Crippen LogP contribution in [0.25, 0.3) is 0 Å². The molecule has 3 aliphatic rings. The second-order valence-corrected chi connectivity index (χ2v) is 11.0. The van der Waals surface area contributed by atoms with Crippen LogP contribution in [0.4, 0.5) is 15.8 Å². The van der Waals surface area contributed by atoms with Gasteiger partial charge in [-0.2, -0.15) is 0 Å². The Hall–Kier alpha value is -2.36. The first kappa shape index (κ1) is 22.4. The van der Waals surface area contributed by atoms with E-state index in [1.54, 1.807) is 12.1 Å². The van der Waals surface area contributed by atoms with Gasteiger partial charge < -0.3 is 15.4 Å². The molecule has 2 aromatic rings. The van der Waals surface area contributed by atoms with Crippen molar-refractivity contribution in [3.8, 4) is 5.75 Å². The van der Waals surface area contributed by atoms with E-state index in [0.29, 0.717) is 24.3 Å². The average Bonchev–Trinajstić information content (AvgIpc) is 3.36. The van der Waals surface area contributed by atoms with Gasteiger partial charge in [0.25, 0.3) is 10.0 Å². The zero-order valence-corrected chi connectivity index (χ0v) is 19.5. The lowest BCUT2D eigenvalue weighted by Gasteiger charge is -2.26. The van der Waals surface area contributed by atoms with Gasteiger partial charge in [-0.15, -0.1) is 0 Å². The van der Waals surface area contributed by atoms with Crippen LogP contribution in [-0.4, -0.2) is 33.5 Å². The highest BCUT2D eigenvalue weighted by Crippen LogP contribution is 2.53. The number of carbonyl (C=O) groups is 1. The monoisotopic (exact) mass is 493 g/mol. The van der Waals surface area contributed by atoms with Crippen LogP contribution in [0.3, 0.4) is 0 Å². The van der Waals surface area contributed by atoms with Gasteiger partial charge in [0.05, 0.1) is 16.8 Å². The highest BCUT2D eigenvalue weighted by Gasteiger charge is 2.50. The Kier molecular flexibility index (Phi) is 5.74. The predicted molar refractivity (Wildman–Crippen MR) is 124 cm³/mol. The summed E-state index contributed by atoms with van der Waals surface area (Å²) in [4.78, 5) is 12.5. The van der Waals surface area contributed by atoms with Gasteiger partial charge in [0.2, 0.25) is 5.91 Å². The van der Waals surface area contributed by atoms with E-state index in [9.17, 15) is 17.6 Å². The van der Waals surface area contributed by atoms with Crippen LogP contribution in [0.1, 0.15) is 44.1 Å². The average molecular weight is 494 g/mol. The van der Waals surface area contributed by atoms with Crippen LogP contribution < -0.4 is 20.1 Å². The van der Waals surface area contributed by atoms with Crippen molar-refractivity contribution in [1.29, 1.82) is 0 Å². The van der Waals surface area contributed by atoms with Crippen LogP contribution >= 0.6 is 11.6 Å². The van der Waals surface area contributed by atoms with Crippen molar-refractivity contribution in [2.75, 3.05) is 23.1 Å². The molecule has 1 spiro atoms. The molecule has 7 nitrogen and oxygen atoms in total. The fraction of sp³-hybridized carbons (Fsp3) is 0.435. The number of anilines is 2. The number of benzene rings is 2. The molecule has 2 aromatic carbocycles. The Labute approximate surface area is 197 Å². The Balaban J connectivity index is 1.55. The number of fused-ring (bicyclic) bond motifs is 2. The Morgan fingerprint density at radius 2 is 1.85 bits per heavy atom. The second-order valence-electron chi connectivity index (χ2n) is 8.89. The molecule has 2 aliphatic heterocycles. The van der Waals surface area contributed by atoms with Crippen LogP contribution in [-0.2, 0) is 20.2 Å². The minimum absolute atomic E-state index is 0.0482. The van der Waals surface area contributed by atoms with Gasteiger partial charge >= 0.3 is 0 Å². The van der Waals surface area contributed by atoms with Crippen molar-refractivity contribution >= 4 is 38.9 Å². The molecule has 33 heavy (non-hydrogen) atoms. The van der Waals surface area contributed by atoms with Crippen molar-refractivity contribution in [2.45, 2.75) is 54.9 Å². The van der Waals surface area contributed by atoms with E-state index in [4.69, 9.17) is 16.3 Å². The largest absolute Gasteiger partial charge is 0.488 e. The highest BCUT2D eigenvalue weighted by atomic mass is 35.5. The number of ether oxygens (including phenoxy) is 1. The smallest absolute Gasteiger partial charge is 0.264 e. The maximum absolute atomic E-state index is 14.4. The summed E-state index contributed by atoms with van der Waals surface area (Å²) in [6.07, 6.45) is 4.79. The number of hydrogen-bond acceptors (Lipinski definition) is 5. The maximum Gasteiger partial charge on any atom is 0.264 e. The van der Waals surface area contributed by atoms with Gasteiger partial charge in [-0.05, 0) is 68.6 Å². The van der Waals surface area contributed by atoms with E-state index < -0.39 is 26.2 Å². The Morgan fingerprint density at radius 1 is 1.12 bits per heavy atom.